The van der Waals surface area contributed by atoms with Crippen molar-refractivity contribution in [2.24, 2.45) is 10.4 Å². The van der Waals surface area contributed by atoms with Gasteiger partial charge in [-0.15, -0.1) is 0 Å². The fraction of sp³-hybridized carbons (Fsp3) is 0.455. The lowest BCUT2D eigenvalue weighted by atomic mass is 9.86. The van der Waals surface area contributed by atoms with Crippen molar-refractivity contribution in [2.75, 3.05) is 20.3 Å². The second-order valence-corrected chi connectivity index (χ2v) is 8.52. The van der Waals surface area contributed by atoms with Gasteiger partial charge in [0.1, 0.15) is 29.9 Å². The molecule has 1 aliphatic rings. The fourth-order valence-corrected chi connectivity index (χ4v) is 4.54. The zero-order valence-corrected chi connectivity index (χ0v) is 20.2. The molecule has 14 nitrogen and oxygen atoms in total. The highest BCUT2D eigenvalue weighted by Crippen LogP contribution is 2.55. The molecule has 0 spiro atoms. The van der Waals surface area contributed by atoms with Crippen LogP contribution in [-0.4, -0.2) is 80.4 Å². The number of methoxy groups -OCH3 is 1. The molecule has 2 aromatic carbocycles. The highest BCUT2D eigenvalue weighted by Gasteiger charge is 2.49. The number of nitrogens with zero attached hydrogens (tertiary/aromatic N) is 2. The number of aliphatic hydroxyl groups is 3. The van der Waals surface area contributed by atoms with E-state index in [2.05, 4.69) is 10.4 Å². The summed E-state index contributed by atoms with van der Waals surface area (Å²) in [5, 5.41) is 78.7. The summed E-state index contributed by atoms with van der Waals surface area (Å²) >= 11 is 6.18. The Morgan fingerprint density at radius 2 is 1.62 bits per heavy atom. The van der Waals surface area contributed by atoms with Crippen LogP contribution in [-0.2, 0) is 15.3 Å². The molecule has 1 fully saturated rings. The van der Waals surface area contributed by atoms with E-state index in [0.717, 1.165) is 6.07 Å². The van der Waals surface area contributed by atoms with Crippen LogP contribution in [0.1, 0.15) is 29.7 Å². The van der Waals surface area contributed by atoms with Gasteiger partial charge in [0.25, 0.3) is 0 Å². The van der Waals surface area contributed by atoms with Crippen molar-refractivity contribution in [2.45, 2.75) is 43.1 Å². The molecule has 202 valence electrons. The minimum atomic E-state index is -3.34. The van der Waals surface area contributed by atoms with Crippen LogP contribution in [0.25, 0.3) is 0 Å². The molecular formula is C22H25ClN2O12. The first kappa shape index (κ1) is 28.3. The molecule has 5 atom stereocenters. The third kappa shape index (κ3) is 4.74. The number of halogens is 1. The minimum Gasteiger partial charge on any atom is -0.504 e. The monoisotopic (exact) mass is 544 g/mol. The van der Waals surface area contributed by atoms with E-state index in [1.807, 2.05) is 0 Å². The molecule has 1 saturated heterocycles. The number of hydrogen-bond acceptors (Lipinski definition) is 14. The number of aromatic hydroxyl groups is 4. The van der Waals surface area contributed by atoms with Crippen molar-refractivity contribution in [3.8, 4) is 28.7 Å². The molecular weight excluding hydrogens is 520 g/mol. The zero-order chi connectivity index (χ0) is 27.7. The van der Waals surface area contributed by atoms with Crippen molar-refractivity contribution < 1.29 is 50.0 Å². The molecule has 0 aliphatic carbocycles. The maximum atomic E-state index is 11.7. The smallest absolute Gasteiger partial charge is 0.226 e. The number of ether oxygens (including phenoxy) is 3. The summed E-state index contributed by atoms with van der Waals surface area (Å²) in [5.41, 5.74) is -1.67. The van der Waals surface area contributed by atoms with Gasteiger partial charge < -0.3 is 50.0 Å². The van der Waals surface area contributed by atoms with E-state index in [1.54, 1.807) is 0 Å². The van der Waals surface area contributed by atoms with Gasteiger partial charge in [0.2, 0.25) is 23.0 Å². The van der Waals surface area contributed by atoms with Gasteiger partial charge in [-0.25, -0.2) is 0 Å². The molecule has 0 aromatic heterocycles. The van der Waals surface area contributed by atoms with E-state index >= 15 is 0 Å². The van der Waals surface area contributed by atoms with Crippen LogP contribution in [0.2, 0.25) is 5.02 Å². The van der Waals surface area contributed by atoms with E-state index in [9.17, 15) is 45.6 Å². The van der Waals surface area contributed by atoms with Crippen molar-refractivity contribution in [3.05, 3.63) is 49.7 Å². The van der Waals surface area contributed by atoms with E-state index in [-0.39, 0.29) is 17.2 Å². The van der Waals surface area contributed by atoms with E-state index in [0.29, 0.717) is 0 Å². The molecule has 0 saturated carbocycles. The Kier molecular flexibility index (Phi) is 8.42. The lowest BCUT2D eigenvalue weighted by Crippen LogP contribution is -2.54. The fourth-order valence-electron chi connectivity index (χ4n) is 4.29. The molecule has 1 aliphatic heterocycles. The van der Waals surface area contributed by atoms with E-state index in [1.165, 1.54) is 26.2 Å². The Balaban J connectivity index is 2.17. The summed E-state index contributed by atoms with van der Waals surface area (Å²) in [6.07, 6.45) is -3.70. The molecule has 15 heteroatoms. The van der Waals surface area contributed by atoms with Gasteiger partial charge in [0.15, 0.2) is 17.5 Å². The third-order valence-electron chi connectivity index (χ3n) is 6.07. The predicted octanol–water partition coefficient (Wildman–Crippen LogP) is 1.46. The lowest BCUT2D eigenvalue weighted by molar-refractivity contribution is -0.146. The molecule has 0 amide bonds. The lowest BCUT2D eigenvalue weighted by Gasteiger charge is -2.40. The maximum absolute atomic E-state index is 11.7. The van der Waals surface area contributed by atoms with Gasteiger partial charge in [-0.05, 0) is 24.6 Å². The van der Waals surface area contributed by atoms with Gasteiger partial charge in [-0.3, -0.25) is 0 Å². The number of phenolic OH excluding ortho intramolecular Hbond substituents is 4. The Morgan fingerprint density at radius 1 is 1.03 bits per heavy atom. The van der Waals surface area contributed by atoms with Gasteiger partial charge in [-0.1, -0.05) is 28.0 Å². The van der Waals surface area contributed by atoms with Crippen molar-refractivity contribution in [1.82, 2.24) is 0 Å². The van der Waals surface area contributed by atoms with Crippen LogP contribution < -0.4 is 4.74 Å². The SMILES string of the molecule is CCOc1c(O)c(O)c(C(O)(O)c2cc(C3OC(CO)C(N=O)C(OC)C3N=O)ccc2Cl)c(O)c1O. The highest BCUT2D eigenvalue weighted by atomic mass is 35.5. The van der Waals surface area contributed by atoms with Crippen molar-refractivity contribution in [1.29, 1.82) is 0 Å². The highest BCUT2D eigenvalue weighted by molar-refractivity contribution is 6.31. The number of hydrogen-bond donors (Lipinski definition) is 7. The molecule has 37 heavy (non-hydrogen) atoms. The Hall–Kier alpha value is -3.27. The van der Waals surface area contributed by atoms with Crippen molar-refractivity contribution in [3.63, 3.8) is 0 Å². The summed E-state index contributed by atoms with van der Waals surface area (Å²) in [6.45, 7) is 0.739. The zero-order valence-electron chi connectivity index (χ0n) is 19.5. The summed E-state index contributed by atoms with van der Waals surface area (Å²) in [5.74, 6) is -8.68. The van der Waals surface area contributed by atoms with Gasteiger partial charge in [0.05, 0.1) is 13.2 Å². The molecule has 0 radical (unpaired) electrons. The summed E-state index contributed by atoms with van der Waals surface area (Å²) in [4.78, 5) is 23.0. The molecule has 7 N–H and O–H groups in total. The average molecular weight is 545 g/mol. The summed E-state index contributed by atoms with van der Waals surface area (Å²) in [7, 11) is 1.20. The van der Waals surface area contributed by atoms with Crippen LogP contribution in [0.15, 0.2) is 28.6 Å². The first-order valence-electron chi connectivity index (χ1n) is 10.8. The molecule has 3 rings (SSSR count). The molecule has 0 bridgehead atoms. The second-order valence-electron chi connectivity index (χ2n) is 8.11. The van der Waals surface area contributed by atoms with Gasteiger partial charge in [-0.2, -0.15) is 9.81 Å². The topological polar surface area (TPSA) is 228 Å². The van der Waals surface area contributed by atoms with Crippen LogP contribution in [0.5, 0.6) is 28.7 Å². The van der Waals surface area contributed by atoms with Gasteiger partial charge >= 0.3 is 0 Å². The number of aliphatic hydroxyl groups excluding tert-OH is 1. The average Bonchev–Trinajstić information content (AvgIpc) is 2.88. The normalized spacial score (nSPS) is 24.0. The molecule has 1 heterocycles. The largest absolute Gasteiger partial charge is 0.504 e. The van der Waals surface area contributed by atoms with Crippen molar-refractivity contribution >= 4 is 11.6 Å². The number of nitroso groups, excluding NO2 is 2. The molecule has 2 aromatic rings. The second kappa shape index (κ2) is 11.0. The first-order valence-corrected chi connectivity index (χ1v) is 11.2. The quantitative estimate of drug-likeness (QED) is 0.103. The predicted molar refractivity (Wildman–Crippen MR) is 126 cm³/mol. The van der Waals surface area contributed by atoms with Crippen LogP contribution in [0.3, 0.4) is 0 Å². The Morgan fingerprint density at radius 3 is 2.11 bits per heavy atom. The van der Waals surface area contributed by atoms with Gasteiger partial charge in [0, 0.05) is 17.7 Å². The third-order valence-corrected chi connectivity index (χ3v) is 6.40. The van der Waals surface area contributed by atoms with E-state index < -0.39 is 82.7 Å². The first-order chi connectivity index (χ1) is 17.5. The maximum Gasteiger partial charge on any atom is 0.226 e. The molecule has 5 unspecified atom stereocenters. The van der Waals surface area contributed by atoms with Crippen LogP contribution in [0.4, 0.5) is 0 Å². The standard InChI is InChI=1S/C22H25ClN2O12/c1-3-36-21-17(29)15(27)12(16(28)18(21)30)22(31,32)9-6-8(4-5-10(9)23)19-14(25-34)20(35-2)13(24-33)11(7-26)37-19/h4-6,11,13-14,19-20,26-32H,3,7H2,1-2H3. The summed E-state index contributed by atoms with van der Waals surface area (Å²) < 4.78 is 15.9. The Bertz CT molecular complexity index is 1150. The number of benzene rings is 2. The number of phenols is 4. The summed E-state index contributed by atoms with van der Waals surface area (Å²) in [6, 6.07) is 0.870. The minimum absolute atomic E-state index is 0.0414. The number of rotatable bonds is 9. The van der Waals surface area contributed by atoms with Crippen LogP contribution >= 0.6 is 11.6 Å². The Labute approximate surface area is 214 Å². The van der Waals surface area contributed by atoms with Crippen LogP contribution in [0, 0.1) is 9.81 Å². The van der Waals surface area contributed by atoms with E-state index in [4.69, 9.17) is 25.8 Å².